The summed E-state index contributed by atoms with van der Waals surface area (Å²) in [6, 6.07) is 3.84. The molecule has 0 atom stereocenters. The van der Waals surface area contributed by atoms with Crippen LogP contribution < -0.4 is 0 Å². The minimum Gasteiger partial charge on any atom is -0.293 e. The van der Waals surface area contributed by atoms with Gasteiger partial charge in [0.15, 0.2) is 0 Å². The molecule has 0 radical (unpaired) electrons. The number of hydrogen-bond donors (Lipinski definition) is 0. The molecule has 54 valence electrons. The van der Waals surface area contributed by atoms with Gasteiger partial charge in [0.2, 0.25) is 5.95 Å². The highest BCUT2D eigenvalue weighted by Gasteiger charge is 1.93. The van der Waals surface area contributed by atoms with Crippen LogP contribution in [0.25, 0.3) is 5.95 Å². The Morgan fingerprint density at radius 2 is 1.64 bits per heavy atom. The van der Waals surface area contributed by atoms with Gasteiger partial charge in [-0.25, -0.2) is 15.0 Å². The van der Waals surface area contributed by atoms with Gasteiger partial charge in [0.05, 0.1) is 0 Å². The van der Waals surface area contributed by atoms with E-state index in [0.717, 1.165) is 0 Å². The summed E-state index contributed by atoms with van der Waals surface area (Å²) in [6.45, 7) is 0. The topological polar surface area (TPSA) is 43.6 Å². The van der Waals surface area contributed by atoms with Crippen LogP contribution in [0.15, 0.2) is 37.2 Å². The molecular weight excluding hydrogens is 140 g/mol. The first-order chi connectivity index (χ1) is 5.47. The molecule has 4 nitrogen and oxygen atoms in total. The zero-order chi connectivity index (χ0) is 7.52. The third-order valence-corrected chi connectivity index (χ3v) is 1.32. The molecular formula is C7H6N4. The molecule has 0 saturated carbocycles. The summed E-state index contributed by atoms with van der Waals surface area (Å²) in [5.74, 6) is 0.644. The Bertz CT molecular complexity index is 313. The summed E-state index contributed by atoms with van der Waals surface area (Å²) in [7, 11) is 0. The van der Waals surface area contributed by atoms with Crippen molar-refractivity contribution in [2.24, 2.45) is 0 Å². The molecule has 0 unspecified atom stereocenters. The van der Waals surface area contributed by atoms with E-state index in [0.29, 0.717) is 5.95 Å². The Kier molecular flexibility index (Phi) is 1.37. The lowest BCUT2D eigenvalue weighted by Gasteiger charge is -1.96. The molecule has 0 aromatic carbocycles. The molecule has 2 aromatic rings. The van der Waals surface area contributed by atoms with Crippen LogP contribution in [-0.2, 0) is 0 Å². The van der Waals surface area contributed by atoms with Crippen molar-refractivity contribution in [2.75, 3.05) is 0 Å². The summed E-state index contributed by atoms with van der Waals surface area (Å²) in [4.78, 5) is 11.6. The van der Waals surface area contributed by atoms with E-state index in [1.54, 1.807) is 0 Å². The van der Waals surface area contributed by atoms with Crippen molar-refractivity contribution in [3.8, 4) is 5.95 Å². The van der Waals surface area contributed by atoms with Crippen LogP contribution in [0.3, 0.4) is 0 Å². The maximum atomic E-state index is 3.96. The summed E-state index contributed by atoms with van der Waals surface area (Å²) in [6.07, 6.45) is 6.72. The van der Waals surface area contributed by atoms with E-state index in [1.807, 2.05) is 29.1 Å². The largest absolute Gasteiger partial charge is 0.293 e. The molecule has 0 aliphatic carbocycles. The average molecular weight is 146 g/mol. The highest BCUT2D eigenvalue weighted by atomic mass is 15.2. The molecule has 2 rings (SSSR count). The number of hydrogen-bond acceptors (Lipinski definition) is 3. The Morgan fingerprint density at radius 1 is 1.00 bits per heavy atom. The lowest BCUT2D eigenvalue weighted by atomic mass is 10.7. The number of rotatable bonds is 1. The average Bonchev–Trinajstić information content (AvgIpc) is 2.58. The monoisotopic (exact) mass is 146 g/mol. The van der Waals surface area contributed by atoms with Gasteiger partial charge in [-0.1, -0.05) is 0 Å². The summed E-state index contributed by atoms with van der Waals surface area (Å²) in [5, 5.41) is 0. The van der Waals surface area contributed by atoms with E-state index in [1.165, 1.54) is 12.7 Å². The molecule has 0 fully saturated rings. The Morgan fingerprint density at radius 3 is 2.27 bits per heavy atom. The van der Waals surface area contributed by atoms with E-state index in [2.05, 4.69) is 15.0 Å². The molecule has 4 heteroatoms. The Labute approximate surface area is 63.6 Å². The van der Waals surface area contributed by atoms with Gasteiger partial charge >= 0.3 is 0 Å². The second-order valence-electron chi connectivity index (χ2n) is 2.03. The van der Waals surface area contributed by atoms with Crippen molar-refractivity contribution in [1.29, 1.82) is 0 Å². The van der Waals surface area contributed by atoms with Crippen molar-refractivity contribution >= 4 is 0 Å². The first-order valence-electron chi connectivity index (χ1n) is 3.22. The molecule has 0 aliphatic heterocycles. The zero-order valence-electron chi connectivity index (χ0n) is 5.75. The summed E-state index contributed by atoms with van der Waals surface area (Å²) < 4.78 is 1.82. The molecule has 0 N–H and O–H groups in total. The van der Waals surface area contributed by atoms with Gasteiger partial charge in [-0.15, -0.1) is 0 Å². The maximum absolute atomic E-state index is 3.96. The molecule has 0 amide bonds. The van der Waals surface area contributed by atoms with E-state index >= 15 is 0 Å². The van der Waals surface area contributed by atoms with Crippen LogP contribution in [0.1, 0.15) is 0 Å². The van der Waals surface area contributed by atoms with Gasteiger partial charge in [0.25, 0.3) is 0 Å². The van der Waals surface area contributed by atoms with Gasteiger partial charge in [0, 0.05) is 12.4 Å². The van der Waals surface area contributed by atoms with Crippen molar-refractivity contribution in [3.63, 3.8) is 0 Å². The van der Waals surface area contributed by atoms with Gasteiger partial charge in [-0.05, 0) is 12.1 Å². The molecule has 0 saturated heterocycles. The van der Waals surface area contributed by atoms with Crippen LogP contribution in [0, 0.1) is 0 Å². The predicted molar refractivity (Wildman–Crippen MR) is 39.2 cm³/mol. The minimum atomic E-state index is 0.644. The molecule has 0 aliphatic rings. The third kappa shape index (κ3) is 1.10. The first kappa shape index (κ1) is 6.03. The Balaban J connectivity index is 2.46. The number of aromatic nitrogens is 4. The van der Waals surface area contributed by atoms with Crippen LogP contribution in [0.5, 0.6) is 0 Å². The molecule has 0 spiro atoms. The van der Waals surface area contributed by atoms with Crippen LogP contribution in [-0.4, -0.2) is 19.5 Å². The van der Waals surface area contributed by atoms with E-state index in [4.69, 9.17) is 0 Å². The van der Waals surface area contributed by atoms with Crippen molar-refractivity contribution in [3.05, 3.63) is 37.2 Å². The van der Waals surface area contributed by atoms with Gasteiger partial charge in [-0.2, -0.15) is 0 Å². The summed E-state index contributed by atoms with van der Waals surface area (Å²) >= 11 is 0. The second-order valence-corrected chi connectivity index (χ2v) is 2.03. The second kappa shape index (κ2) is 2.49. The fourth-order valence-electron chi connectivity index (χ4n) is 0.834. The highest BCUT2D eigenvalue weighted by molar-refractivity contribution is 5.10. The van der Waals surface area contributed by atoms with Crippen LogP contribution >= 0.6 is 0 Å². The first-order valence-corrected chi connectivity index (χ1v) is 3.22. The molecule has 2 heterocycles. The van der Waals surface area contributed by atoms with Crippen LogP contribution in [0.2, 0.25) is 0 Å². The van der Waals surface area contributed by atoms with E-state index < -0.39 is 0 Å². The molecule has 2 aromatic heterocycles. The third-order valence-electron chi connectivity index (χ3n) is 1.32. The lowest BCUT2D eigenvalue weighted by molar-refractivity contribution is 0.900. The quantitative estimate of drug-likeness (QED) is 0.593. The maximum Gasteiger partial charge on any atom is 0.236 e. The van der Waals surface area contributed by atoms with E-state index in [-0.39, 0.29) is 0 Å². The fourth-order valence-corrected chi connectivity index (χ4v) is 0.834. The highest BCUT2D eigenvalue weighted by Crippen LogP contribution is 1.96. The predicted octanol–water partition coefficient (Wildman–Crippen LogP) is 0.662. The normalized spacial score (nSPS) is 9.82. The van der Waals surface area contributed by atoms with Crippen molar-refractivity contribution in [2.45, 2.75) is 0 Å². The van der Waals surface area contributed by atoms with Gasteiger partial charge in [-0.3, -0.25) is 4.57 Å². The lowest BCUT2D eigenvalue weighted by Crippen LogP contribution is -1.97. The Hall–Kier alpha value is -1.71. The van der Waals surface area contributed by atoms with Gasteiger partial charge in [0.1, 0.15) is 12.7 Å². The number of nitrogens with zero attached hydrogens (tertiary/aromatic N) is 4. The SMILES string of the molecule is c1ccn(-c2ncncn2)c1. The smallest absolute Gasteiger partial charge is 0.236 e. The minimum absolute atomic E-state index is 0.644. The molecule has 11 heavy (non-hydrogen) atoms. The van der Waals surface area contributed by atoms with Gasteiger partial charge < -0.3 is 0 Å². The molecule has 0 bridgehead atoms. The van der Waals surface area contributed by atoms with Crippen molar-refractivity contribution in [1.82, 2.24) is 19.5 Å². The zero-order valence-corrected chi connectivity index (χ0v) is 5.75. The fraction of sp³-hybridized carbons (Fsp3) is 0. The standard InChI is InChI=1S/C7H6N4/c1-2-4-11(3-1)7-9-5-8-6-10-7/h1-6H. The summed E-state index contributed by atoms with van der Waals surface area (Å²) in [5.41, 5.74) is 0. The van der Waals surface area contributed by atoms with Crippen LogP contribution in [0.4, 0.5) is 0 Å². The van der Waals surface area contributed by atoms with Crippen molar-refractivity contribution < 1.29 is 0 Å². The van der Waals surface area contributed by atoms with E-state index in [9.17, 15) is 0 Å².